The molecule has 2 heterocycles. The van der Waals surface area contributed by atoms with Crippen molar-refractivity contribution in [2.24, 2.45) is 5.92 Å². The van der Waals surface area contributed by atoms with Crippen molar-refractivity contribution in [2.45, 2.75) is 31.6 Å². The van der Waals surface area contributed by atoms with Crippen LogP contribution in [-0.4, -0.2) is 48.6 Å². The van der Waals surface area contributed by atoms with Crippen LogP contribution in [0.15, 0.2) is 30.3 Å². The van der Waals surface area contributed by atoms with Crippen LogP contribution in [0.2, 0.25) is 0 Å². The van der Waals surface area contributed by atoms with Gasteiger partial charge in [-0.15, -0.1) is 0 Å². The van der Waals surface area contributed by atoms with Crippen LogP contribution in [-0.2, 0) is 27.2 Å². The van der Waals surface area contributed by atoms with Gasteiger partial charge in [-0.3, -0.25) is 9.52 Å². The summed E-state index contributed by atoms with van der Waals surface area (Å²) in [6.07, 6.45) is -2.82. The minimum absolute atomic E-state index is 0.106. The first-order valence-corrected chi connectivity index (χ1v) is 12.1. The lowest BCUT2D eigenvalue weighted by Crippen LogP contribution is -2.43. The molecular weight excluding hydrogens is 486 g/mol. The molecule has 1 amide bonds. The molecule has 0 unspecified atom stereocenters. The van der Waals surface area contributed by atoms with E-state index in [0.29, 0.717) is 11.1 Å². The van der Waals surface area contributed by atoms with Crippen LogP contribution in [0.5, 0.6) is 0 Å². The molecular formula is C22H22F2N4O6S. The van der Waals surface area contributed by atoms with Gasteiger partial charge in [-0.05, 0) is 30.0 Å². The molecule has 35 heavy (non-hydrogen) atoms. The van der Waals surface area contributed by atoms with Crippen LogP contribution in [0, 0.1) is 17.2 Å². The molecule has 2 aromatic rings. The molecule has 0 atom stereocenters. The van der Waals surface area contributed by atoms with Crippen molar-refractivity contribution in [3.05, 3.63) is 58.3 Å². The van der Waals surface area contributed by atoms with E-state index in [1.807, 2.05) is 0 Å². The summed E-state index contributed by atoms with van der Waals surface area (Å²) in [5.41, 5.74) is -0.846. The van der Waals surface area contributed by atoms with Crippen LogP contribution in [0.25, 0.3) is 0 Å². The number of halogens is 2. The van der Waals surface area contributed by atoms with Gasteiger partial charge in [0.15, 0.2) is 0 Å². The van der Waals surface area contributed by atoms with E-state index in [1.54, 1.807) is 18.2 Å². The Balaban J connectivity index is 1.67. The fraction of sp³-hybridized carbons (Fsp3) is 0.364. The van der Waals surface area contributed by atoms with Gasteiger partial charge >= 0.3 is 5.97 Å². The Hall–Kier alpha value is -3.63. The molecule has 1 aliphatic rings. The van der Waals surface area contributed by atoms with Crippen molar-refractivity contribution < 1.29 is 37.0 Å². The van der Waals surface area contributed by atoms with Crippen LogP contribution in [0.4, 0.5) is 14.6 Å². The third kappa shape index (κ3) is 6.28. The van der Waals surface area contributed by atoms with E-state index in [2.05, 4.69) is 9.71 Å². The van der Waals surface area contributed by atoms with Gasteiger partial charge in [-0.1, -0.05) is 24.3 Å². The van der Waals surface area contributed by atoms with Gasteiger partial charge < -0.3 is 15.1 Å². The summed E-state index contributed by atoms with van der Waals surface area (Å²) in [5, 5.41) is 27.6. The Kier molecular flexibility index (Phi) is 7.98. The molecule has 3 rings (SSSR count). The van der Waals surface area contributed by atoms with Gasteiger partial charge in [0.05, 0.1) is 23.5 Å². The number of hydrogen-bond acceptors (Lipinski definition) is 8. The molecule has 0 bridgehead atoms. The minimum atomic E-state index is -3.98. The number of nitrogens with one attached hydrogen (secondary N) is 1. The van der Waals surface area contributed by atoms with Gasteiger partial charge in [0.25, 0.3) is 6.43 Å². The molecule has 0 radical (unpaired) electrons. The Morgan fingerprint density at radius 2 is 1.80 bits per heavy atom. The van der Waals surface area contributed by atoms with E-state index < -0.39 is 51.3 Å². The van der Waals surface area contributed by atoms with Gasteiger partial charge in [-0.2, -0.15) is 5.26 Å². The van der Waals surface area contributed by atoms with Crippen molar-refractivity contribution in [3.8, 4) is 6.07 Å². The average molecular weight is 509 g/mol. The van der Waals surface area contributed by atoms with Gasteiger partial charge in [0.1, 0.15) is 17.6 Å². The number of hydrogen-bond donors (Lipinski definition) is 3. The maximum atomic E-state index is 13.3. The highest BCUT2D eigenvalue weighted by molar-refractivity contribution is 7.89. The van der Waals surface area contributed by atoms with E-state index >= 15 is 0 Å². The van der Waals surface area contributed by atoms with Gasteiger partial charge in [0.2, 0.25) is 15.9 Å². The molecule has 1 fully saturated rings. The highest BCUT2D eigenvalue weighted by Gasteiger charge is 2.31. The van der Waals surface area contributed by atoms with Crippen LogP contribution >= 0.6 is 0 Å². The molecule has 1 aromatic heterocycles. The Morgan fingerprint density at radius 1 is 1.20 bits per heavy atom. The third-order valence-electron chi connectivity index (χ3n) is 5.57. The molecule has 1 aromatic carbocycles. The number of benzene rings is 1. The number of aliphatic hydroxyl groups excluding tert-OH is 1. The quantitative estimate of drug-likeness (QED) is 0.484. The molecule has 13 heteroatoms. The first kappa shape index (κ1) is 26.0. The van der Waals surface area contributed by atoms with Gasteiger partial charge in [-0.25, -0.2) is 27.0 Å². The zero-order chi connectivity index (χ0) is 25.8. The SMILES string of the molecule is N#Cc1cc(C(=O)O)c(C(F)F)nc1N1CCC(C(=O)NS(=O)(=O)Cc2ccc(CO)cc2)CC1. The second-order valence-corrected chi connectivity index (χ2v) is 9.69. The summed E-state index contributed by atoms with van der Waals surface area (Å²) in [6.45, 7) is 0.0655. The second-order valence-electron chi connectivity index (χ2n) is 7.97. The normalized spacial score (nSPS) is 14.5. The summed E-state index contributed by atoms with van der Waals surface area (Å²) in [5.74, 6) is -3.52. The smallest absolute Gasteiger partial charge is 0.337 e. The number of carbonyl (C=O) groups excluding carboxylic acids is 1. The lowest BCUT2D eigenvalue weighted by atomic mass is 9.96. The fourth-order valence-electron chi connectivity index (χ4n) is 3.76. The second kappa shape index (κ2) is 10.7. The minimum Gasteiger partial charge on any atom is -0.478 e. The first-order valence-electron chi connectivity index (χ1n) is 10.5. The number of rotatable bonds is 8. The van der Waals surface area contributed by atoms with Crippen molar-refractivity contribution in [2.75, 3.05) is 18.0 Å². The van der Waals surface area contributed by atoms with Crippen molar-refractivity contribution in [3.63, 3.8) is 0 Å². The molecule has 0 spiro atoms. The van der Waals surface area contributed by atoms with E-state index in [4.69, 9.17) is 10.2 Å². The topological polar surface area (TPSA) is 161 Å². The lowest BCUT2D eigenvalue weighted by molar-refractivity contribution is -0.123. The summed E-state index contributed by atoms with van der Waals surface area (Å²) >= 11 is 0. The standard InChI is InChI=1S/C22H22F2N4O6S/c23-19(24)18-17(22(31)32)9-16(10-25)20(26-18)28-7-5-15(6-8-28)21(30)27-35(33,34)12-14-3-1-13(11-29)2-4-14/h1-4,9,15,19,29H,5-8,11-12H2,(H,27,30)(H,31,32). The van der Waals surface area contributed by atoms with E-state index in [-0.39, 0.29) is 43.9 Å². The number of aromatic nitrogens is 1. The number of anilines is 1. The number of aliphatic hydroxyl groups is 1. The number of piperidine rings is 1. The largest absolute Gasteiger partial charge is 0.478 e. The number of alkyl halides is 2. The number of aromatic carboxylic acids is 1. The fourth-order valence-corrected chi connectivity index (χ4v) is 4.94. The number of carbonyl (C=O) groups is 2. The number of sulfonamides is 1. The summed E-state index contributed by atoms with van der Waals surface area (Å²) in [7, 11) is -3.98. The van der Waals surface area contributed by atoms with Crippen molar-refractivity contribution >= 4 is 27.7 Å². The molecule has 1 saturated heterocycles. The molecule has 186 valence electrons. The summed E-state index contributed by atoms with van der Waals surface area (Å²) in [6, 6.07) is 8.85. The number of carboxylic acid groups (broad SMARTS) is 1. The van der Waals surface area contributed by atoms with Crippen LogP contribution in [0.3, 0.4) is 0 Å². The maximum Gasteiger partial charge on any atom is 0.337 e. The first-order chi connectivity index (χ1) is 16.5. The number of nitrogens with zero attached hydrogens (tertiary/aromatic N) is 3. The Labute approximate surface area is 199 Å². The van der Waals surface area contributed by atoms with Gasteiger partial charge in [0, 0.05) is 19.0 Å². The van der Waals surface area contributed by atoms with E-state index in [0.717, 1.165) is 6.07 Å². The number of carboxylic acids is 1. The van der Waals surface area contributed by atoms with Crippen LogP contribution in [0.1, 0.15) is 52.0 Å². The predicted molar refractivity (Wildman–Crippen MR) is 119 cm³/mol. The van der Waals surface area contributed by atoms with Crippen molar-refractivity contribution in [1.29, 1.82) is 5.26 Å². The van der Waals surface area contributed by atoms with E-state index in [1.165, 1.54) is 17.0 Å². The zero-order valence-corrected chi connectivity index (χ0v) is 19.1. The lowest BCUT2D eigenvalue weighted by Gasteiger charge is -2.32. The average Bonchev–Trinajstić information content (AvgIpc) is 2.83. The van der Waals surface area contributed by atoms with Crippen LogP contribution < -0.4 is 9.62 Å². The number of nitriles is 1. The number of pyridine rings is 1. The molecule has 1 aliphatic heterocycles. The molecule has 0 aliphatic carbocycles. The maximum absolute atomic E-state index is 13.3. The number of amides is 1. The Bertz CT molecular complexity index is 1250. The van der Waals surface area contributed by atoms with Crippen molar-refractivity contribution in [1.82, 2.24) is 9.71 Å². The monoisotopic (exact) mass is 508 g/mol. The molecule has 0 saturated carbocycles. The third-order valence-corrected chi connectivity index (χ3v) is 6.80. The highest BCUT2D eigenvalue weighted by Crippen LogP contribution is 2.30. The molecule has 10 nitrogen and oxygen atoms in total. The van der Waals surface area contributed by atoms with E-state index in [9.17, 15) is 32.0 Å². The Morgan fingerprint density at radius 3 is 2.31 bits per heavy atom. The zero-order valence-electron chi connectivity index (χ0n) is 18.3. The summed E-state index contributed by atoms with van der Waals surface area (Å²) < 4.78 is 53.6. The molecule has 3 N–H and O–H groups in total. The summed E-state index contributed by atoms with van der Waals surface area (Å²) in [4.78, 5) is 29.1. The highest BCUT2D eigenvalue weighted by atomic mass is 32.2. The predicted octanol–water partition coefficient (Wildman–Crippen LogP) is 1.94.